The van der Waals surface area contributed by atoms with Gasteiger partial charge >= 0.3 is 5.69 Å². The normalized spacial score (nSPS) is 12.1. The van der Waals surface area contributed by atoms with Crippen LogP contribution in [0.1, 0.15) is 30.1 Å². The zero-order valence-corrected chi connectivity index (χ0v) is 27.0. The lowest BCUT2D eigenvalue weighted by Crippen LogP contribution is -2.30. The smallest absolute Gasteiger partial charge is 0.326 e. The quantitative estimate of drug-likeness (QED) is 0.0683. The molecule has 244 valence electrons. The highest BCUT2D eigenvalue weighted by Gasteiger charge is 2.25. The van der Waals surface area contributed by atoms with E-state index in [0.29, 0.717) is 17.8 Å². The number of imidazole rings is 1. The SMILES string of the molecule is CCCCn1c(=O)[nH]c2cc(-c3ccc(C(=O)NS(=O)(=O)c4ccc(N[C@H](CO)CSc5ccccc5)c([N+](=O)[O-])c4)cc3)ccc21. The topological polar surface area (TPSA) is 176 Å². The van der Waals surface area contributed by atoms with Gasteiger partial charge in [-0.25, -0.2) is 17.9 Å². The first-order valence-electron chi connectivity index (χ1n) is 14.8. The van der Waals surface area contributed by atoms with Gasteiger partial charge in [0.05, 0.1) is 33.5 Å². The predicted octanol–water partition coefficient (Wildman–Crippen LogP) is 5.39. The van der Waals surface area contributed by atoms with Crippen molar-refractivity contribution in [2.45, 2.75) is 42.1 Å². The van der Waals surface area contributed by atoms with Crippen LogP contribution in [0.4, 0.5) is 11.4 Å². The van der Waals surface area contributed by atoms with E-state index in [1.807, 2.05) is 53.3 Å². The first-order valence-corrected chi connectivity index (χ1v) is 17.3. The van der Waals surface area contributed by atoms with Gasteiger partial charge in [0.25, 0.3) is 21.6 Å². The number of nitro benzene ring substituents is 1. The largest absolute Gasteiger partial charge is 0.394 e. The molecule has 1 aromatic heterocycles. The molecule has 0 unspecified atom stereocenters. The fraction of sp³-hybridized carbons (Fsp3) is 0.212. The molecule has 1 atom stereocenters. The average molecular weight is 676 g/mol. The van der Waals surface area contributed by atoms with Crippen molar-refractivity contribution in [3.63, 3.8) is 0 Å². The molecule has 0 radical (unpaired) electrons. The van der Waals surface area contributed by atoms with Crippen molar-refractivity contribution in [2.75, 3.05) is 17.7 Å². The van der Waals surface area contributed by atoms with Crippen molar-refractivity contribution >= 4 is 50.1 Å². The maximum atomic E-state index is 13.1. The molecule has 0 fully saturated rings. The summed E-state index contributed by atoms with van der Waals surface area (Å²) in [5, 5.41) is 24.6. The number of hydrogen-bond donors (Lipinski definition) is 4. The Morgan fingerprint density at radius 2 is 1.74 bits per heavy atom. The molecular weight excluding hydrogens is 643 g/mol. The van der Waals surface area contributed by atoms with Crippen LogP contribution < -0.4 is 15.7 Å². The molecule has 0 aliphatic heterocycles. The van der Waals surface area contributed by atoms with E-state index in [-0.39, 0.29) is 23.5 Å². The summed E-state index contributed by atoms with van der Waals surface area (Å²) in [7, 11) is -4.48. The summed E-state index contributed by atoms with van der Waals surface area (Å²) >= 11 is 1.45. The number of aryl methyl sites for hydroxylation is 1. The van der Waals surface area contributed by atoms with Crippen LogP contribution >= 0.6 is 11.8 Å². The van der Waals surface area contributed by atoms with Gasteiger partial charge in [-0.05, 0) is 66.1 Å². The van der Waals surface area contributed by atoms with E-state index in [0.717, 1.165) is 46.5 Å². The van der Waals surface area contributed by atoms with Gasteiger partial charge in [-0.15, -0.1) is 11.8 Å². The third-order valence-electron chi connectivity index (χ3n) is 7.47. The second-order valence-electron chi connectivity index (χ2n) is 10.8. The lowest BCUT2D eigenvalue weighted by molar-refractivity contribution is -0.384. The van der Waals surface area contributed by atoms with E-state index in [1.165, 1.54) is 30.0 Å². The summed E-state index contributed by atoms with van der Waals surface area (Å²) in [5.41, 5.74) is 2.42. The highest BCUT2D eigenvalue weighted by Crippen LogP contribution is 2.30. The Kier molecular flexibility index (Phi) is 10.4. The molecule has 4 aromatic carbocycles. The monoisotopic (exact) mass is 675 g/mol. The number of carbonyl (C=O) groups excluding carboxylic acids is 1. The Morgan fingerprint density at radius 3 is 2.43 bits per heavy atom. The summed E-state index contributed by atoms with van der Waals surface area (Å²) in [6, 6.07) is 24.0. The Hall–Kier alpha value is -4.92. The van der Waals surface area contributed by atoms with Crippen molar-refractivity contribution in [3.05, 3.63) is 117 Å². The van der Waals surface area contributed by atoms with Gasteiger partial charge in [0.1, 0.15) is 5.69 Å². The number of hydrogen-bond acceptors (Lipinski definition) is 9. The zero-order valence-electron chi connectivity index (χ0n) is 25.4. The Bertz CT molecular complexity index is 2060. The molecule has 5 aromatic rings. The highest BCUT2D eigenvalue weighted by atomic mass is 32.2. The molecule has 0 aliphatic carbocycles. The Morgan fingerprint density at radius 1 is 1.02 bits per heavy atom. The van der Waals surface area contributed by atoms with Crippen molar-refractivity contribution in [1.82, 2.24) is 14.3 Å². The van der Waals surface area contributed by atoms with Gasteiger partial charge < -0.3 is 15.4 Å². The van der Waals surface area contributed by atoms with Crippen LogP contribution in [-0.2, 0) is 16.6 Å². The van der Waals surface area contributed by atoms with Crippen LogP contribution in [0.25, 0.3) is 22.2 Å². The lowest BCUT2D eigenvalue weighted by Gasteiger charge is -2.18. The first kappa shape index (κ1) is 33.4. The number of aliphatic hydroxyl groups is 1. The maximum absolute atomic E-state index is 13.1. The number of aliphatic hydroxyl groups excluding tert-OH is 1. The number of aromatic amines is 1. The number of nitrogens with one attached hydrogen (secondary N) is 3. The third-order valence-corrected chi connectivity index (χ3v) is 9.97. The molecule has 47 heavy (non-hydrogen) atoms. The number of H-pyrrole nitrogens is 1. The van der Waals surface area contributed by atoms with Crippen molar-refractivity contribution in [3.8, 4) is 11.1 Å². The lowest BCUT2D eigenvalue weighted by atomic mass is 10.0. The minimum Gasteiger partial charge on any atom is -0.394 e. The van der Waals surface area contributed by atoms with Gasteiger partial charge in [-0.2, -0.15) is 0 Å². The number of rotatable bonds is 14. The molecule has 0 aliphatic rings. The van der Waals surface area contributed by atoms with Crippen molar-refractivity contribution in [2.24, 2.45) is 0 Å². The second kappa shape index (κ2) is 14.7. The highest BCUT2D eigenvalue weighted by molar-refractivity contribution is 7.99. The van der Waals surface area contributed by atoms with E-state index in [4.69, 9.17) is 0 Å². The molecule has 0 saturated heterocycles. The summed E-state index contributed by atoms with van der Waals surface area (Å²) in [6.07, 6.45) is 1.84. The number of carbonyl (C=O) groups is 1. The molecule has 14 heteroatoms. The molecule has 5 rings (SSSR count). The third kappa shape index (κ3) is 7.91. The van der Waals surface area contributed by atoms with Crippen LogP contribution in [0.5, 0.6) is 0 Å². The number of nitro groups is 1. The van der Waals surface area contributed by atoms with E-state index in [1.54, 1.807) is 16.7 Å². The number of sulfonamides is 1. The average Bonchev–Trinajstić information content (AvgIpc) is 3.39. The summed E-state index contributed by atoms with van der Waals surface area (Å²) < 4.78 is 29.9. The van der Waals surface area contributed by atoms with Gasteiger partial charge in [0.2, 0.25) is 0 Å². The number of aromatic nitrogens is 2. The van der Waals surface area contributed by atoms with Crippen LogP contribution in [0.3, 0.4) is 0 Å². The van der Waals surface area contributed by atoms with Gasteiger partial charge in [-0.1, -0.05) is 49.7 Å². The van der Waals surface area contributed by atoms with E-state index in [9.17, 15) is 33.2 Å². The molecule has 12 nitrogen and oxygen atoms in total. The van der Waals surface area contributed by atoms with E-state index in [2.05, 4.69) is 17.2 Å². The standard InChI is InChI=1S/C33H33N5O7S2/c1-2-3-17-37-30-16-13-24(18-29(30)35-33(37)41)22-9-11-23(12-10-22)32(40)36-47(44,45)27-14-15-28(31(19-27)38(42)43)34-25(20-39)21-46-26-7-5-4-6-8-26/h4-16,18-19,25,34,39H,2-3,17,20-21H2,1H3,(H,35,41)(H,36,40)/t25-/m1/s1. The molecule has 1 amide bonds. The fourth-order valence-electron chi connectivity index (χ4n) is 4.96. The number of nitrogens with zero attached hydrogens (tertiary/aromatic N) is 2. The van der Waals surface area contributed by atoms with E-state index < -0.39 is 37.5 Å². The molecule has 0 saturated carbocycles. The summed E-state index contributed by atoms with van der Waals surface area (Å²) in [5.74, 6) is -0.514. The Balaban J connectivity index is 1.28. The number of fused-ring (bicyclic) bond motifs is 1. The Labute approximate surface area is 275 Å². The van der Waals surface area contributed by atoms with Gasteiger partial charge in [0, 0.05) is 28.8 Å². The molecule has 1 heterocycles. The summed E-state index contributed by atoms with van der Waals surface area (Å²) in [4.78, 5) is 39.8. The van der Waals surface area contributed by atoms with E-state index >= 15 is 0 Å². The van der Waals surface area contributed by atoms with Crippen LogP contribution in [-0.4, -0.2) is 52.3 Å². The van der Waals surface area contributed by atoms with Crippen LogP contribution in [0, 0.1) is 10.1 Å². The molecule has 0 spiro atoms. The number of anilines is 1. The maximum Gasteiger partial charge on any atom is 0.326 e. The minimum absolute atomic E-state index is 0.0309. The van der Waals surface area contributed by atoms with Crippen LogP contribution in [0.2, 0.25) is 0 Å². The number of benzene rings is 4. The molecule has 4 N–H and O–H groups in total. The number of unbranched alkanes of at least 4 members (excludes halogenated alkanes) is 1. The van der Waals surface area contributed by atoms with Gasteiger partial charge in [0.15, 0.2) is 0 Å². The fourth-order valence-corrected chi connectivity index (χ4v) is 6.89. The number of amides is 1. The molecular formula is C33H33N5O7S2. The van der Waals surface area contributed by atoms with Crippen molar-refractivity contribution in [1.29, 1.82) is 0 Å². The minimum atomic E-state index is -4.48. The predicted molar refractivity (Wildman–Crippen MR) is 182 cm³/mol. The van der Waals surface area contributed by atoms with Crippen LogP contribution in [0.15, 0.2) is 106 Å². The first-order chi connectivity index (χ1) is 22.6. The summed E-state index contributed by atoms with van der Waals surface area (Å²) in [6.45, 7) is 2.36. The van der Waals surface area contributed by atoms with Crippen molar-refractivity contribution < 1.29 is 23.2 Å². The zero-order chi connectivity index (χ0) is 33.6. The number of thioether (sulfide) groups is 1. The van der Waals surface area contributed by atoms with Gasteiger partial charge in [-0.3, -0.25) is 19.5 Å². The second-order valence-corrected chi connectivity index (χ2v) is 13.5. The molecule has 0 bridgehead atoms.